The van der Waals surface area contributed by atoms with Crippen molar-refractivity contribution in [2.45, 2.75) is 31.9 Å². The highest BCUT2D eigenvalue weighted by Gasteiger charge is 2.32. The molecule has 1 N–H and O–H groups in total. The second-order valence-electron chi connectivity index (χ2n) is 7.04. The Hall–Kier alpha value is -2.33. The number of piperazine rings is 1. The minimum absolute atomic E-state index is 0.00729. The Bertz CT molecular complexity index is 715. The molecule has 2 heterocycles. The number of hydrogen-bond acceptors (Lipinski definition) is 5. The predicted octanol–water partition coefficient (Wildman–Crippen LogP) is 1.52. The van der Waals surface area contributed by atoms with Crippen LogP contribution in [0.3, 0.4) is 0 Å². The molecule has 1 atom stereocenters. The average molecular weight is 415 g/mol. The maximum atomic E-state index is 12.5. The van der Waals surface area contributed by atoms with Crippen molar-refractivity contribution in [2.75, 3.05) is 39.3 Å². The molecule has 2 saturated heterocycles. The lowest BCUT2D eigenvalue weighted by Crippen LogP contribution is -2.53. The van der Waals surface area contributed by atoms with Crippen LogP contribution in [0, 0.1) is 0 Å². The molecular weight excluding hydrogens is 391 g/mol. The fourth-order valence-corrected chi connectivity index (χ4v) is 3.43. The summed E-state index contributed by atoms with van der Waals surface area (Å²) in [7, 11) is 0. The number of carbonyl (C=O) groups excluding carboxylic acids is 2. The number of benzene rings is 1. The molecule has 1 unspecified atom stereocenters. The minimum Gasteiger partial charge on any atom is -0.405 e. The first-order valence-electron chi connectivity index (χ1n) is 9.55. The first-order chi connectivity index (χ1) is 13.8. The fourth-order valence-electron chi connectivity index (χ4n) is 3.43. The van der Waals surface area contributed by atoms with Gasteiger partial charge in [0.05, 0.1) is 6.54 Å². The molecule has 0 bridgehead atoms. The lowest BCUT2D eigenvalue weighted by Gasteiger charge is -2.35. The van der Waals surface area contributed by atoms with Gasteiger partial charge in [-0.3, -0.25) is 14.5 Å². The lowest BCUT2D eigenvalue weighted by molar-refractivity contribution is -0.274. The van der Waals surface area contributed by atoms with Gasteiger partial charge in [0, 0.05) is 44.9 Å². The van der Waals surface area contributed by atoms with E-state index >= 15 is 0 Å². The van der Waals surface area contributed by atoms with Gasteiger partial charge >= 0.3 is 6.36 Å². The van der Waals surface area contributed by atoms with Crippen LogP contribution < -0.4 is 10.1 Å². The van der Waals surface area contributed by atoms with Gasteiger partial charge in [-0.25, -0.2) is 0 Å². The molecule has 7 nitrogen and oxygen atoms in total. The summed E-state index contributed by atoms with van der Waals surface area (Å²) in [4.78, 5) is 28.2. The van der Waals surface area contributed by atoms with E-state index in [9.17, 15) is 22.8 Å². The Morgan fingerprint density at radius 2 is 1.90 bits per heavy atom. The van der Waals surface area contributed by atoms with Crippen LogP contribution in [0.5, 0.6) is 5.75 Å². The third-order valence-electron chi connectivity index (χ3n) is 4.93. The van der Waals surface area contributed by atoms with E-state index in [1.54, 1.807) is 11.0 Å². The Labute approximate surface area is 166 Å². The third kappa shape index (κ3) is 6.33. The van der Waals surface area contributed by atoms with E-state index in [0.29, 0.717) is 32.8 Å². The van der Waals surface area contributed by atoms with Crippen molar-refractivity contribution in [1.29, 1.82) is 0 Å². The van der Waals surface area contributed by atoms with Gasteiger partial charge in [0.15, 0.2) is 0 Å². The van der Waals surface area contributed by atoms with Gasteiger partial charge in [0.25, 0.3) is 5.91 Å². The smallest absolute Gasteiger partial charge is 0.405 e. The number of nitrogens with one attached hydrogen (secondary N) is 1. The SMILES string of the molecule is O=C(CN1CCN(C(=O)C2CCCO2)CC1)NCc1ccccc1OC(F)(F)F. The molecule has 2 aliphatic heterocycles. The van der Waals surface area contributed by atoms with E-state index in [2.05, 4.69) is 10.1 Å². The summed E-state index contributed by atoms with van der Waals surface area (Å²) in [5, 5.41) is 2.62. The van der Waals surface area contributed by atoms with Crippen LogP contribution in [0.2, 0.25) is 0 Å². The maximum absolute atomic E-state index is 12.5. The number of hydrogen-bond donors (Lipinski definition) is 1. The van der Waals surface area contributed by atoms with E-state index in [4.69, 9.17) is 4.74 Å². The molecule has 2 aliphatic rings. The Balaban J connectivity index is 1.42. The minimum atomic E-state index is -4.79. The molecule has 3 rings (SSSR count). The van der Waals surface area contributed by atoms with Gasteiger partial charge in [0.1, 0.15) is 11.9 Å². The molecule has 10 heteroatoms. The standard InChI is InChI=1S/C19H24F3N3O4/c20-19(21,22)29-15-5-2-1-4-14(15)12-23-17(26)13-24-7-9-25(10-8-24)18(27)16-6-3-11-28-16/h1-2,4-5,16H,3,6-13H2,(H,23,26). The van der Waals surface area contributed by atoms with Crippen molar-refractivity contribution in [3.8, 4) is 5.75 Å². The number of nitrogens with zero attached hydrogens (tertiary/aromatic N) is 2. The number of ether oxygens (including phenoxy) is 2. The van der Waals surface area contributed by atoms with E-state index in [0.717, 1.165) is 12.8 Å². The molecule has 2 fully saturated rings. The molecule has 0 spiro atoms. The van der Waals surface area contributed by atoms with Crippen LogP contribution in [0.25, 0.3) is 0 Å². The summed E-state index contributed by atoms with van der Waals surface area (Å²) in [6, 6.07) is 5.69. The summed E-state index contributed by atoms with van der Waals surface area (Å²) in [6.45, 7) is 2.82. The van der Waals surface area contributed by atoms with Gasteiger partial charge < -0.3 is 19.7 Å². The lowest BCUT2D eigenvalue weighted by atomic mass is 10.2. The van der Waals surface area contributed by atoms with Crippen LogP contribution >= 0.6 is 0 Å². The Kier molecular flexibility index (Phi) is 6.96. The monoisotopic (exact) mass is 415 g/mol. The molecule has 1 aromatic carbocycles. The molecular formula is C19H24F3N3O4. The summed E-state index contributed by atoms with van der Waals surface area (Å²) in [6.07, 6.45) is -3.49. The first kappa shape index (κ1) is 21.4. The van der Waals surface area contributed by atoms with Gasteiger partial charge in [-0.15, -0.1) is 13.2 Å². The number of para-hydroxylation sites is 1. The topological polar surface area (TPSA) is 71.1 Å². The van der Waals surface area contributed by atoms with Crippen molar-refractivity contribution in [2.24, 2.45) is 0 Å². The van der Waals surface area contributed by atoms with Gasteiger partial charge in [0.2, 0.25) is 5.91 Å². The van der Waals surface area contributed by atoms with Gasteiger partial charge in [-0.1, -0.05) is 18.2 Å². The van der Waals surface area contributed by atoms with E-state index in [1.165, 1.54) is 18.2 Å². The number of carbonyl (C=O) groups is 2. The fraction of sp³-hybridized carbons (Fsp3) is 0.579. The summed E-state index contributed by atoms with van der Waals surface area (Å²) in [5.41, 5.74) is 0.241. The molecule has 0 saturated carbocycles. The van der Waals surface area contributed by atoms with E-state index in [1.807, 2.05) is 4.90 Å². The molecule has 0 radical (unpaired) electrons. The van der Waals surface area contributed by atoms with Crippen molar-refractivity contribution < 1.29 is 32.2 Å². The molecule has 160 valence electrons. The Morgan fingerprint density at radius 1 is 1.17 bits per heavy atom. The normalized spacial score (nSPS) is 20.5. The van der Waals surface area contributed by atoms with Crippen LogP contribution in [-0.2, 0) is 20.9 Å². The highest BCUT2D eigenvalue weighted by molar-refractivity contribution is 5.81. The second-order valence-corrected chi connectivity index (χ2v) is 7.04. The van der Waals surface area contributed by atoms with E-state index < -0.39 is 6.36 Å². The highest BCUT2D eigenvalue weighted by atomic mass is 19.4. The molecule has 0 aliphatic carbocycles. The Morgan fingerprint density at radius 3 is 2.55 bits per heavy atom. The number of alkyl halides is 3. The quantitative estimate of drug-likeness (QED) is 0.763. The van der Waals surface area contributed by atoms with Gasteiger partial charge in [-0.05, 0) is 18.9 Å². The van der Waals surface area contributed by atoms with Crippen molar-refractivity contribution in [3.05, 3.63) is 29.8 Å². The molecule has 29 heavy (non-hydrogen) atoms. The summed E-state index contributed by atoms with van der Waals surface area (Å²) >= 11 is 0. The molecule has 2 amide bonds. The van der Waals surface area contributed by atoms with Crippen LogP contribution in [0.4, 0.5) is 13.2 Å². The van der Waals surface area contributed by atoms with Crippen LogP contribution in [0.15, 0.2) is 24.3 Å². The zero-order valence-electron chi connectivity index (χ0n) is 15.9. The third-order valence-corrected chi connectivity index (χ3v) is 4.93. The summed E-state index contributed by atoms with van der Waals surface area (Å²) < 4.78 is 46.8. The number of halogens is 3. The van der Waals surface area contributed by atoms with Crippen molar-refractivity contribution in [3.63, 3.8) is 0 Å². The number of rotatable bonds is 6. The molecule has 0 aromatic heterocycles. The zero-order valence-corrected chi connectivity index (χ0v) is 15.9. The molecule has 1 aromatic rings. The average Bonchev–Trinajstić information content (AvgIpc) is 3.21. The summed E-state index contributed by atoms with van der Waals surface area (Å²) in [5.74, 6) is -0.625. The van der Waals surface area contributed by atoms with Crippen molar-refractivity contribution >= 4 is 11.8 Å². The van der Waals surface area contributed by atoms with E-state index in [-0.39, 0.29) is 42.3 Å². The highest BCUT2D eigenvalue weighted by Crippen LogP contribution is 2.26. The van der Waals surface area contributed by atoms with Crippen LogP contribution in [0.1, 0.15) is 18.4 Å². The maximum Gasteiger partial charge on any atom is 0.573 e. The predicted molar refractivity (Wildman–Crippen MR) is 97.0 cm³/mol. The second kappa shape index (κ2) is 9.45. The number of amides is 2. The van der Waals surface area contributed by atoms with Gasteiger partial charge in [-0.2, -0.15) is 0 Å². The van der Waals surface area contributed by atoms with Crippen LogP contribution in [-0.4, -0.2) is 73.4 Å². The van der Waals surface area contributed by atoms with Crippen molar-refractivity contribution in [1.82, 2.24) is 15.1 Å². The largest absolute Gasteiger partial charge is 0.573 e. The first-order valence-corrected chi connectivity index (χ1v) is 9.55. The zero-order chi connectivity index (χ0) is 20.9.